The maximum atomic E-state index is 6.82. The predicted molar refractivity (Wildman–Crippen MR) is 222 cm³/mol. The van der Waals surface area contributed by atoms with Gasteiger partial charge in [-0.1, -0.05) is 91.3 Å². The molecular weight excluding hydrogens is 649 g/mol. The van der Waals surface area contributed by atoms with E-state index in [1.807, 2.05) is 6.20 Å². The molecule has 0 saturated carbocycles. The molecule has 5 nitrogen and oxygen atoms in total. The van der Waals surface area contributed by atoms with Crippen molar-refractivity contribution in [1.29, 1.82) is 0 Å². The zero-order chi connectivity index (χ0) is 37.7. The van der Waals surface area contributed by atoms with E-state index < -0.39 is 0 Å². The SMILES string of the molecule is Cc1ccnc(-n2c3ccc(C(C)CCCC(C)(C)C)cc3c3ccc(Oc4cc(-n5nc(C)c(-c6ccccc6)c5C)cc(C(C)(C)C)c4)cc32)c1. The number of hydrogen-bond donors (Lipinski definition) is 0. The number of ether oxygens (including phenoxy) is 1. The van der Waals surface area contributed by atoms with Gasteiger partial charge in [0.1, 0.15) is 17.3 Å². The van der Waals surface area contributed by atoms with Crippen molar-refractivity contribution in [2.45, 2.75) is 99.8 Å². The van der Waals surface area contributed by atoms with Gasteiger partial charge in [0.2, 0.25) is 0 Å². The molecule has 7 aromatic rings. The Morgan fingerprint density at radius 3 is 2.23 bits per heavy atom. The third-order valence-electron chi connectivity index (χ3n) is 10.6. The van der Waals surface area contributed by atoms with Crippen LogP contribution in [0.2, 0.25) is 0 Å². The summed E-state index contributed by atoms with van der Waals surface area (Å²) in [5.74, 6) is 2.95. The lowest BCUT2D eigenvalue weighted by Crippen LogP contribution is -2.12. The van der Waals surface area contributed by atoms with Crippen molar-refractivity contribution in [2.75, 3.05) is 0 Å². The van der Waals surface area contributed by atoms with Crippen LogP contribution in [0.1, 0.15) is 102 Å². The first kappa shape index (κ1) is 36.2. The van der Waals surface area contributed by atoms with E-state index in [1.54, 1.807) is 0 Å². The van der Waals surface area contributed by atoms with Gasteiger partial charge in [-0.25, -0.2) is 9.67 Å². The van der Waals surface area contributed by atoms with Crippen LogP contribution in [0.3, 0.4) is 0 Å². The van der Waals surface area contributed by atoms with Gasteiger partial charge in [-0.15, -0.1) is 0 Å². The highest BCUT2D eigenvalue weighted by Gasteiger charge is 2.21. The molecule has 272 valence electrons. The minimum absolute atomic E-state index is 0.0959. The van der Waals surface area contributed by atoms with Gasteiger partial charge in [0, 0.05) is 40.4 Å². The number of aryl methyl sites for hydroxylation is 2. The number of rotatable bonds is 9. The predicted octanol–water partition coefficient (Wildman–Crippen LogP) is 13.4. The van der Waals surface area contributed by atoms with E-state index in [1.165, 1.54) is 57.9 Å². The summed E-state index contributed by atoms with van der Waals surface area (Å²) >= 11 is 0. The summed E-state index contributed by atoms with van der Waals surface area (Å²) in [6.07, 6.45) is 5.54. The fourth-order valence-electron chi connectivity index (χ4n) is 7.63. The second-order valence-electron chi connectivity index (χ2n) is 17.2. The zero-order valence-electron chi connectivity index (χ0n) is 33.2. The molecule has 0 bridgehead atoms. The van der Waals surface area contributed by atoms with E-state index in [2.05, 4.69) is 176 Å². The first-order valence-electron chi connectivity index (χ1n) is 19.1. The maximum Gasteiger partial charge on any atom is 0.137 e. The Balaban J connectivity index is 1.31. The molecule has 0 aliphatic heterocycles. The van der Waals surface area contributed by atoms with Crippen LogP contribution in [0.25, 0.3) is 44.4 Å². The lowest BCUT2D eigenvalue weighted by Gasteiger charge is -2.22. The molecule has 0 fully saturated rings. The molecule has 1 unspecified atom stereocenters. The number of benzene rings is 4. The molecule has 5 heteroatoms. The molecule has 0 radical (unpaired) electrons. The lowest BCUT2D eigenvalue weighted by atomic mass is 9.86. The quantitative estimate of drug-likeness (QED) is 0.150. The molecular formula is C48H54N4O. The monoisotopic (exact) mass is 702 g/mol. The van der Waals surface area contributed by atoms with E-state index in [-0.39, 0.29) is 5.41 Å². The topological polar surface area (TPSA) is 44.9 Å². The summed E-state index contributed by atoms with van der Waals surface area (Å²) < 4.78 is 11.2. The van der Waals surface area contributed by atoms with Gasteiger partial charge in [-0.3, -0.25) is 4.57 Å². The Kier molecular flexibility index (Phi) is 9.57. The fourth-order valence-corrected chi connectivity index (χ4v) is 7.63. The Hall–Kier alpha value is -5.16. The van der Waals surface area contributed by atoms with E-state index >= 15 is 0 Å². The Morgan fingerprint density at radius 2 is 1.51 bits per heavy atom. The minimum Gasteiger partial charge on any atom is -0.457 e. The number of fused-ring (bicyclic) bond motifs is 3. The van der Waals surface area contributed by atoms with Crippen molar-refractivity contribution < 1.29 is 4.74 Å². The van der Waals surface area contributed by atoms with Crippen LogP contribution >= 0.6 is 0 Å². The second-order valence-corrected chi connectivity index (χ2v) is 17.2. The Labute approximate surface area is 315 Å². The van der Waals surface area contributed by atoms with Crippen molar-refractivity contribution in [1.82, 2.24) is 19.3 Å². The summed E-state index contributed by atoms with van der Waals surface area (Å²) in [4.78, 5) is 4.85. The normalized spacial score (nSPS) is 12.9. The van der Waals surface area contributed by atoms with Crippen LogP contribution in [0.4, 0.5) is 0 Å². The van der Waals surface area contributed by atoms with Crippen LogP contribution < -0.4 is 4.74 Å². The van der Waals surface area contributed by atoms with Gasteiger partial charge < -0.3 is 4.74 Å². The van der Waals surface area contributed by atoms with Crippen molar-refractivity contribution in [3.05, 3.63) is 131 Å². The van der Waals surface area contributed by atoms with E-state index in [4.69, 9.17) is 14.8 Å². The van der Waals surface area contributed by atoms with E-state index in [0.717, 1.165) is 45.4 Å². The molecule has 3 heterocycles. The highest BCUT2D eigenvalue weighted by molar-refractivity contribution is 6.09. The largest absolute Gasteiger partial charge is 0.457 e. The third-order valence-corrected chi connectivity index (χ3v) is 10.6. The molecule has 0 saturated heterocycles. The molecule has 4 aromatic carbocycles. The van der Waals surface area contributed by atoms with Crippen LogP contribution in [-0.4, -0.2) is 19.3 Å². The molecule has 1 atom stereocenters. The number of pyridine rings is 1. The van der Waals surface area contributed by atoms with Gasteiger partial charge in [-0.2, -0.15) is 5.10 Å². The number of aromatic nitrogens is 4. The van der Waals surface area contributed by atoms with Crippen molar-refractivity contribution in [3.63, 3.8) is 0 Å². The maximum absolute atomic E-state index is 6.82. The van der Waals surface area contributed by atoms with Crippen molar-refractivity contribution >= 4 is 21.8 Å². The smallest absolute Gasteiger partial charge is 0.137 e. The lowest BCUT2D eigenvalue weighted by molar-refractivity contribution is 0.354. The fraction of sp³-hybridized carbons (Fsp3) is 0.333. The summed E-state index contributed by atoms with van der Waals surface area (Å²) in [5, 5.41) is 7.48. The van der Waals surface area contributed by atoms with Crippen LogP contribution in [-0.2, 0) is 5.41 Å². The highest BCUT2D eigenvalue weighted by atomic mass is 16.5. The number of hydrogen-bond acceptors (Lipinski definition) is 3. The van der Waals surface area contributed by atoms with Crippen molar-refractivity contribution in [3.8, 4) is 34.1 Å². The molecule has 0 amide bonds. The van der Waals surface area contributed by atoms with Gasteiger partial charge in [0.25, 0.3) is 0 Å². The van der Waals surface area contributed by atoms with Crippen LogP contribution in [0, 0.1) is 26.2 Å². The molecule has 7 rings (SSSR count). The van der Waals surface area contributed by atoms with E-state index in [0.29, 0.717) is 11.3 Å². The molecule has 0 N–H and O–H groups in total. The summed E-state index contributed by atoms with van der Waals surface area (Å²) in [6.45, 7) is 22.4. The second kappa shape index (κ2) is 14.0. The highest BCUT2D eigenvalue weighted by Crippen LogP contribution is 2.39. The van der Waals surface area contributed by atoms with Crippen LogP contribution in [0.15, 0.2) is 103 Å². The first-order valence-corrected chi connectivity index (χ1v) is 19.1. The first-order chi connectivity index (χ1) is 25.2. The standard InChI is InChI=1S/C48H54N4O/c1-31-22-24-49-45(25-31)51-43-21-18-36(32(2)15-14-23-47(5,6)7)26-42(43)41-20-19-39(30-44(41)51)53-40-28-37(48(8,9)10)27-38(29-40)52-34(4)46(33(3)50-52)35-16-12-11-13-17-35/h11-13,16-22,24-30,32H,14-15,23H2,1-10H3. The van der Waals surface area contributed by atoms with E-state index in [9.17, 15) is 0 Å². The molecule has 3 aromatic heterocycles. The molecule has 0 spiro atoms. The van der Waals surface area contributed by atoms with Gasteiger partial charge in [-0.05, 0) is 121 Å². The molecule has 53 heavy (non-hydrogen) atoms. The average Bonchev–Trinajstić information content (AvgIpc) is 3.59. The zero-order valence-corrected chi connectivity index (χ0v) is 33.2. The summed E-state index contributed by atoms with van der Waals surface area (Å²) in [6, 6.07) is 34.8. The van der Waals surface area contributed by atoms with Gasteiger partial charge in [0.15, 0.2) is 0 Å². The number of nitrogens with zero attached hydrogens (tertiary/aromatic N) is 4. The molecule has 0 aliphatic rings. The summed E-state index contributed by atoms with van der Waals surface area (Å²) in [7, 11) is 0. The Morgan fingerprint density at radius 1 is 0.736 bits per heavy atom. The molecule has 0 aliphatic carbocycles. The van der Waals surface area contributed by atoms with Crippen LogP contribution in [0.5, 0.6) is 11.5 Å². The Bertz CT molecular complexity index is 2420. The van der Waals surface area contributed by atoms with Crippen molar-refractivity contribution in [2.24, 2.45) is 5.41 Å². The van der Waals surface area contributed by atoms with Gasteiger partial charge in [0.05, 0.1) is 22.4 Å². The third kappa shape index (κ3) is 7.53. The summed E-state index contributed by atoms with van der Waals surface area (Å²) in [5.41, 5.74) is 11.7. The average molecular weight is 703 g/mol. The van der Waals surface area contributed by atoms with Gasteiger partial charge >= 0.3 is 0 Å². The minimum atomic E-state index is -0.0959.